The van der Waals surface area contributed by atoms with E-state index in [0.717, 1.165) is 25.7 Å². The van der Waals surface area contributed by atoms with Crippen LogP contribution in [-0.4, -0.2) is 24.3 Å². The first-order valence-corrected chi connectivity index (χ1v) is 10.1. The third-order valence-corrected chi connectivity index (χ3v) is 8.44. The highest BCUT2D eigenvalue weighted by Crippen LogP contribution is 2.66. The van der Waals surface area contributed by atoms with Crippen molar-refractivity contribution in [3.63, 3.8) is 0 Å². The summed E-state index contributed by atoms with van der Waals surface area (Å²) in [6.07, 6.45) is 10.4. The van der Waals surface area contributed by atoms with Crippen LogP contribution < -0.4 is 0 Å². The first-order chi connectivity index (χ1) is 11.4. The van der Waals surface area contributed by atoms with E-state index in [4.69, 9.17) is 4.74 Å². The minimum Gasteiger partial charge on any atom is -0.469 e. The zero-order valence-electron chi connectivity index (χ0n) is 16.0. The van der Waals surface area contributed by atoms with E-state index in [2.05, 4.69) is 13.8 Å². The molecule has 0 aromatic carbocycles. The van der Waals surface area contributed by atoms with Crippen LogP contribution in [-0.2, 0) is 9.53 Å². The summed E-state index contributed by atoms with van der Waals surface area (Å²) in [5.41, 5.74) is 0.651. The van der Waals surface area contributed by atoms with Gasteiger partial charge in [0, 0.05) is 0 Å². The Morgan fingerprint density at radius 2 is 2.00 bits per heavy atom. The minimum atomic E-state index is -0.186. The van der Waals surface area contributed by atoms with Crippen LogP contribution in [0.25, 0.3) is 0 Å². The fourth-order valence-corrected chi connectivity index (χ4v) is 7.13. The largest absolute Gasteiger partial charge is 0.469 e. The molecule has 0 bridgehead atoms. The third kappa shape index (κ3) is 2.71. The average Bonchev–Trinajstić information content (AvgIpc) is 2.59. The first-order valence-electron chi connectivity index (χ1n) is 10.1. The molecule has 3 aliphatic rings. The van der Waals surface area contributed by atoms with Gasteiger partial charge in [0.15, 0.2) is 0 Å². The van der Waals surface area contributed by atoms with Crippen molar-refractivity contribution in [2.75, 3.05) is 7.11 Å². The first kappa shape index (κ1) is 18.2. The molecule has 0 amide bonds. The predicted molar refractivity (Wildman–Crippen MR) is 95.4 cm³/mol. The number of carbonyl (C=O) groups excluding carboxylic acids is 1. The molecule has 138 valence electrons. The normalized spacial score (nSPS) is 46.5. The van der Waals surface area contributed by atoms with E-state index in [1.807, 2.05) is 6.92 Å². The minimum absolute atomic E-state index is 0.0209. The van der Waals surface area contributed by atoms with Crippen molar-refractivity contribution in [1.29, 1.82) is 0 Å². The summed E-state index contributed by atoms with van der Waals surface area (Å²) >= 11 is 0. The molecule has 3 aliphatic carbocycles. The van der Waals surface area contributed by atoms with Crippen molar-refractivity contribution in [1.82, 2.24) is 0 Å². The second-order valence-electron chi connectivity index (χ2n) is 9.22. The standard InChI is InChI=1S/C21H36O3/c1-5-21-12-10-17-16(19(23)24-4)7-6-11-20(17,3)18(21)9-8-15(13-21)14(2)22/h14-18,22H,5-13H2,1-4H3/t14?,15-,16+,17?,18?,20-,21-/m0/s1. The van der Waals surface area contributed by atoms with Gasteiger partial charge in [-0.2, -0.15) is 0 Å². The van der Waals surface area contributed by atoms with Crippen LogP contribution in [0.2, 0.25) is 0 Å². The van der Waals surface area contributed by atoms with Crippen LogP contribution in [0.15, 0.2) is 0 Å². The molecule has 0 aromatic rings. The van der Waals surface area contributed by atoms with E-state index in [1.165, 1.54) is 32.1 Å². The number of ether oxygens (including phenoxy) is 1. The number of aliphatic hydroxyl groups excluding tert-OH is 1. The van der Waals surface area contributed by atoms with E-state index in [0.29, 0.717) is 23.2 Å². The van der Waals surface area contributed by atoms with Crippen LogP contribution in [0.3, 0.4) is 0 Å². The van der Waals surface area contributed by atoms with E-state index in [-0.39, 0.29) is 23.4 Å². The van der Waals surface area contributed by atoms with Crippen molar-refractivity contribution in [2.45, 2.75) is 84.7 Å². The van der Waals surface area contributed by atoms with Gasteiger partial charge in [0.25, 0.3) is 0 Å². The molecule has 24 heavy (non-hydrogen) atoms. The summed E-state index contributed by atoms with van der Waals surface area (Å²) in [6.45, 7) is 6.79. The number of aliphatic hydroxyl groups is 1. The molecule has 0 spiro atoms. The van der Waals surface area contributed by atoms with Crippen molar-refractivity contribution in [3.8, 4) is 0 Å². The molecule has 7 atom stereocenters. The summed E-state index contributed by atoms with van der Waals surface area (Å²) in [7, 11) is 1.54. The maximum absolute atomic E-state index is 12.4. The lowest BCUT2D eigenvalue weighted by Gasteiger charge is -2.63. The Morgan fingerprint density at radius 1 is 1.25 bits per heavy atom. The number of hydrogen-bond donors (Lipinski definition) is 1. The quantitative estimate of drug-likeness (QED) is 0.768. The Morgan fingerprint density at radius 3 is 2.62 bits per heavy atom. The van der Waals surface area contributed by atoms with Gasteiger partial charge >= 0.3 is 5.97 Å². The average molecular weight is 337 g/mol. The maximum Gasteiger partial charge on any atom is 0.308 e. The van der Waals surface area contributed by atoms with Crippen LogP contribution in [0.1, 0.15) is 78.6 Å². The molecule has 0 aliphatic heterocycles. The fourth-order valence-electron chi connectivity index (χ4n) is 7.13. The molecule has 3 fully saturated rings. The Balaban J connectivity index is 1.90. The van der Waals surface area contributed by atoms with Gasteiger partial charge in [0.2, 0.25) is 0 Å². The zero-order chi connectivity index (χ0) is 17.5. The molecule has 0 radical (unpaired) electrons. The summed E-state index contributed by atoms with van der Waals surface area (Å²) in [6, 6.07) is 0. The number of esters is 1. The molecule has 0 aromatic heterocycles. The number of hydrogen-bond acceptors (Lipinski definition) is 3. The highest BCUT2D eigenvalue weighted by molar-refractivity contribution is 5.73. The molecule has 1 N–H and O–H groups in total. The topological polar surface area (TPSA) is 46.5 Å². The molecular weight excluding hydrogens is 300 g/mol. The zero-order valence-corrected chi connectivity index (χ0v) is 16.0. The smallest absolute Gasteiger partial charge is 0.308 e. The lowest BCUT2D eigenvalue weighted by atomic mass is 9.41. The van der Waals surface area contributed by atoms with Gasteiger partial charge < -0.3 is 9.84 Å². The molecular formula is C21H36O3. The monoisotopic (exact) mass is 336 g/mol. The number of methoxy groups -OCH3 is 1. The highest BCUT2D eigenvalue weighted by atomic mass is 16.5. The molecule has 0 saturated heterocycles. The Kier molecular flexibility index (Phi) is 5.03. The van der Waals surface area contributed by atoms with Gasteiger partial charge in [-0.15, -0.1) is 0 Å². The summed E-state index contributed by atoms with van der Waals surface area (Å²) < 4.78 is 5.15. The van der Waals surface area contributed by atoms with Gasteiger partial charge in [-0.1, -0.05) is 26.7 Å². The van der Waals surface area contributed by atoms with Gasteiger partial charge in [0.1, 0.15) is 0 Å². The van der Waals surface area contributed by atoms with E-state index < -0.39 is 0 Å². The second kappa shape index (κ2) is 6.63. The molecule has 3 unspecified atom stereocenters. The molecule has 3 nitrogen and oxygen atoms in total. The summed E-state index contributed by atoms with van der Waals surface area (Å²) in [4.78, 5) is 12.4. The maximum atomic E-state index is 12.4. The second-order valence-corrected chi connectivity index (χ2v) is 9.22. The number of fused-ring (bicyclic) bond motifs is 3. The Hall–Kier alpha value is -0.570. The lowest BCUT2D eigenvalue weighted by Crippen LogP contribution is -2.56. The van der Waals surface area contributed by atoms with Crippen molar-refractivity contribution in [2.24, 2.45) is 34.5 Å². The van der Waals surface area contributed by atoms with Gasteiger partial charge in [0.05, 0.1) is 19.1 Å². The SMILES string of the molecule is CC[C@@]12CCC3[C@H](C(=O)OC)CCC[C@]3(C)C1CC[C@H](C(C)O)C2. The third-order valence-electron chi connectivity index (χ3n) is 8.44. The highest BCUT2D eigenvalue weighted by Gasteiger charge is 2.59. The Bertz CT molecular complexity index is 474. The van der Waals surface area contributed by atoms with Crippen LogP contribution in [0, 0.1) is 34.5 Å². The van der Waals surface area contributed by atoms with E-state index in [1.54, 1.807) is 7.11 Å². The number of rotatable bonds is 3. The Labute approximate surface area is 147 Å². The van der Waals surface area contributed by atoms with Crippen molar-refractivity contribution >= 4 is 5.97 Å². The van der Waals surface area contributed by atoms with Crippen LogP contribution in [0.4, 0.5) is 0 Å². The lowest BCUT2D eigenvalue weighted by molar-refractivity contribution is -0.172. The molecule has 0 heterocycles. The molecule has 3 rings (SSSR count). The van der Waals surface area contributed by atoms with Crippen LogP contribution >= 0.6 is 0 Å². The van der Waals surface area contributed by atoms with Crippen LogP contribution in [0.5, 0.6) is 0 Å². The molecule has 3 heteroatoms. The molecule has 3 saturated carbocycles. The van der Waals surface area contributed by atoms with Crippen molar-refractivity contribution < 1.29 is 14.6 Å². The predicted octanol–water partition coefficient (Wildman–Crippen LogP) is 4.57. The van der Waals surface area contributed by atoms with Gasteiger partial charge in [-0.05, 0) is 80.5 Å². The summed E-state index contributed by atoms with van der Waals surface area (Å²) in [5.74, 6) is 1.79. The fraction of sp³-hybridized carbons (Fsp3) is 0.952. The van der Waals surface area contributed by atoms with Crippen molar-refractivity contribution in [3.05, 3.63) is 0 Å². The van der Waals surface area contributed by atoms with E-state index in [9.17, 15) is 9.90 Å². The van der Waals surface area contributed by atoms with Gasteiger partial charge in [-0.3, -0.25) is 4.79 Å². The number of carbonyl (C=O) groups is 1. The van der Waals surface area contributed by atoms with E-state index >= 15 is 0 Å². The van der Waals surface area contributed by atoms with Gasteiger partial charge in [-0.25, -0.2) is 0 Å². The summed E-state index contributed by atoms with van der Waals surface area (Å²) in [5, 5.41) is 10.2.